The van der Waals surface area contributed by atoms with Gasteiger partial charge in [0.15, 0.2) is 0 Å². The molecule has 0 aliphatic rings. The number of benzene rings is 1. The van der Waals surface area contributed by atoms with Crippen LogP contribution in [0.4, 0.5) is 4.39 Å². The van der Waals surface area contributed by atoms with E-state index in [0.29, 0.717) is 10.9 Å². The summed E-state index contributed by atoms with van der Waals surface area (Å²) in [7, 11) is 0. The SMILES string of the molecule is C[C@H](NCc1ncc(Cl)s1)c1cccc(F)c1. The Morgan fingerprint density at radius 2 is 2.35 bits per heavy atom. The molecule has 0 spiro atoms. The lowest BCUT2D eigenvalue weighted by Crippen LogP contribution is -2.17. The summed E-state index contributed by atoms with van der Waals surface area (Å²) in [5.41, 5.74) is 0.924. The molecule has 1 atom stereocenters. The minimum atomic E-state index is -0.214. The van der Waals surface area contributed by atoms with Crippen LogP contribution >= 0.6 is 22.9 Å². The largest absolute Gasteiger partial charge is 0.304 e. The summed E-state index contributed by atoms with van der Waals surface area (Å²) >= 11 is 7.24. The topological polar surface area (TPSA) is 24.9 Å². The molecule has 5 heteroatoms. The molecular formula is C12H12ClFN2S. The van der Waals surface area contributed by atoms with Gasteiger partial charge in [-0.2, -0.15) is 0 Å². The maximum atomic E-state index is 13.0. The number of hydrogen-bond acceptors (Lipinski definition) is 3. The number of thiazole rings is 1. The van der Waals surface area contributed by atoms with Crippen LogP contribution in [0.25, 0.3) is 0 Å². The fourth-order valence-corrected chi connectivity index (χ4v) is 2.41. The molecule has 1 N–H and O–H groups in total. The highest BCUT2D eigenvalue weighted by molar-refractivity contribution is 7.15. The standard InChI is InChI=1S/C12H12ClFN2S/c1-8(9-3-2-4-10(14)5-9)15-7-12-16-6-11(13)17-12/h2-6,8,15H,7H2,1H3/t8-/m0/s1. The Morgan fingerprint density at radius 1 is 1.53 bits per heavy atom. The first-order valence-corrected chi connectivity index (χ1v) is 6.43. The zero-order valence-corrected chi connectivity index (χ0v) is 10.9. The Morgan fingerprint density at radius 3 is 3.00 bits per heavy atom. The van der Waals surface area contributed by atoms with E-state index in [0.717, 1.165) is 10.6 Å². The van der Waals surface area contributed by atoms with Gasteiger partial charge in [0.25, 0.3) is 0 Å². The molecule has 17 heavy (non-hydrogen) atoms. The van der Waals surface area contributed by atoms with Crippen molar-refractivity contribution in [1.82, 2.24) is 10.3 Å². The summed E-state index contributed by atoms with van der Waals surface area (Å²) in [4.78, 5) is 4.15. The molecule has 0 bridgehead atoms. The van der Waals surface area contributed by atoms with Gasteiger partial charge in [0.2, 0.25) is 0 Å². The van der Waals surface area contributed by atoms with Crippen molar-refractivity contribution in [3.63, 3.8) is 0 Å². The lowest BCUT2D eigenvalue weighted by Gasteiger charge is -2.13. The Bertz CT molecular complexity index is 501. The Balaban J connectivity index is 1.95. The number of hydrogen-bond donors (Lipinski definition) is 1. The van der Waals surface area contributed by atoms with Crippen molar-refractivity contribution in [2.24, 2.45) is 0 Å². The molecule has 2 nitrogen and oxygen atoms in total. The lowest BCUT2D eigenvalue weighted by atomic mass is 10.1. The van der Waals surface area contributed by atoms with Gasteiger partial charge in [0, 0.05) is 12.6 Å². The first kappa shape index (κ1) is 12.5. The quantitative estimate of drug-likeness (QED) is 0.914. The molecule has 0 fully saturated rings. The Hall–Kier alpha value is -0.970. The van der Waals surface area contributed by atoms with Crippen LogP contribution in [-0.2, 0) is 6.54 Å². The normalized spacial score (nSPS) is 12.6. The molecule has 0 radical (unpaired) electrons. The predicted molar refractivity (Wildman–Crippen MR) is 68.8 cm³/mol. The monoisotopic (exact) mass is 270 g/mol. The maximum Gasteiger partial charge on any atom is 0.123 e. The summed E-state index contributed by atoms with van der Waals surface area (Å²) in [6, 6.07) is 6.66. The van der Waals surface area contributed by atoms with Crippen molar-refractivity contribution in [1.29, 1.82) is 0 Å². The van der Waals surface area contributed by atoms with Gasteiger partial charge in [0.05, 0.1) is 6.20 Å². The van der Waals surface area contributed by atoms with Crippen molar-refractivity contribution < 1.29 is 4.39 Å². The third kappa shape index (κ3) is 3.49. The fraction of sp³-hybridized carbons (Fsp3) is 0.250. The van der Waals surface area contributed by atoms with Crippen LogP contribution in [0.15, 0.2) is 30.5 Å². The van der Waals surface area contributed by atoms with E-state index in [1.54, 1.807) is 12.3 Å². The van der Waals surface area contributed by atoms with Crippen molar-refractivity contribution >= 4 is 22.9 Å². The van der Waals surface area contributed by atoms with Gasteiger partial charge in [-0.25, -0.2) is 9.37 Å². The van der Waals surface area contributed by atoms with E-state index in [9.17, 15) is 4.39 Å². The van der Waals surface area contributed by atoms with Crippen molar-refractivity contribution in [2.45, 2.75) is 19.5 Å². The van der Waals surface area contributed by atoms with Crippen molar-refractivity contribution in [3.8, 4) is 0 Å². The van der Waals surface area contributed by atoms with Gasteiger partial charge in [-0.15, -0.1) is 11.3 Å². The molecule has 2 aromatic rings. The smallest absolute Gasteiger partial charge is 0.123 e. The van der Waals surface area contributed by atoms with Gasteiger partial charge in [-0.1, -0.05) is 23.7 Å². The maximum absolute atomic E-state index is 13.0. The molecule has 0 amide bonds. The van der Waals surface area contributed by atoms with E-state index in [1.165, 1.54) is 23.5 Å². The predicted octanol–water partition coefficient (Wildman–Crippen LogP) is 3.79. The highest BCUT2D eigenvalue weighted by Gasteiger charge is 2.07. The minimum absolute atomic E-state index is 0.0772. The summed E-state index contributed by atoms with van der Waals surface area (Å²) in [6.45, 7) is 2.62. The fourth-order valence-electron chi connectivity index (χ4n) is 1.50. The van der Waals surface area contributed by atoms with Crippen LogP contribution in [-0.4, -0.2) is 4.98 Å². The number of rotatable bonds is 4. The van der Waals surface area contributed by atoms with Gasteiger partial charge < -0.3 is 5.32 Å². The second-order valence-corrected chi connectivity index (χ2v) is 5.46. The summed E-state index contributed by atoms with van der Waals surface area (Å²) in [6.07, 6.45) is 1.64. The van der Waals surface area contributed by atoms with Crippen LogP contribution in [0.2, 0.25) is 4.34 Å². The van der Waals surface area contributed by atoms with Gasteiger partial charge in [-0.3, -0.25) is 0 Å². The third-order valence-corrected chi connectivity index (χ3v) is 3.55. The minimum Gasteiger partial charge on any atom is -0.304 e. The zero-order valence-electron chi connectivity index (χ0n) is 9.28. The van der Waals surface area contributed by atoms with Crippen LogP contribution < -0.4 is 5.32 Å². The van der Waals surface area contributed by atoms with E-state index >= 15 is 0 Å². The van der Waals surface area contributed by atoms with Crippen LogP contribution in [0.5, 0.6) is 0 Å². The molecule has 0 saturated heterocycles. The van der Waals surface area contributed by atoms with E-state index < -0.39 is 0 Å². The average molecular weight is 271 g/mol. The number of nitrogens with one attached hydrogen (secondary N) is 1. The highest BCUT2D eigenvalue weighted by atomic mass is 35.5. The summed E-state index contributed by atoms with van der Waals surface area (Å²) in [5, 5.41) is 4.21. The zero-order chi connectivity index (χ0) is 12.3. The van der Waals surface area contributed by atoms with E-state index in [4.69, 9.17) is 11.6 Å². The second-order valence-electron chi connectivity index (χ2n) is 3.72. The van der Waals surface area contributed by atoms with Crippen LogP contribution in [0, 0.1) is 5.82 Å². The van der Waals surface area contributed by atoms with Crippen molar-refractivity contribution in [2.75, 3.05) is 0 Å². The molecule has 1 aromatic heterocycles. The van der Waals surface area contributed by atoms with Crippen molar-refractivity contribution in [3.05, 3.63) is 51.2 Å². The number of nitrogens with zero attached hydrogens (tertiary/aromatic N) is 1. The second kappa shape index (κ2) is 5.58. The van der Waals surface area contributed by atoms with Gasteiger partial charge in [-0.05, 0) is 24.6 Å². The summed E-state index contributed by atoms with van der Waals surface area (Å²) < 4.78 is 13.7. The van der Waals surface area contributed by atoms with Crippen LogP contribution in [0.1, 0.15) is 23.5 Å². The number of aromatic nitrogens is 1. The van der Waals surface area contributed by atoms with E-state index in [-0.39, 0.29) is 11.9 Å². The average Bonchev–Trinajstić information content (AvgIpc) is 2.72. The molecule has 0 saturated carbocycles. The van der Waals surface area contributed by atoms with E-state index in [1.807, 2.05) is 13.0 Å². The number of halogens is 2. The first-order valence-electron chi connectivity index (χ1n) is 5.24. The third-order valence-electron chi connectivity index (χ3n) is 2.43. The Labute approximate surface area is 108 Å². The van der Waals surface area contributed by atoms with Gasteiger partial charge in [0.1, 0.15) is 15.2 Å². The molecule has 90 valence electrons. The van der Waals surface area contributed by atoms with E-state index in [2.05, 4.69) is 10.3 Å². The van der Waals surface area contributed by atoms with Crippen LogP contribution in [0.3, 0.4) is 0 Å². The summed E-state index contributed by atoms with van der Waals surface area (Å²) in [5.74, 6) is -0.214. The van der Waals surface area contributed by atoms with Gasteiger partial charge >= 0.3 is 0 Å². The molecule has 0 aliphatic carbocycles. The first-order chi connectivity index (χ1) is 8.15. The molecular weight excluding hydrogens is 259 g/mol. The lowest BCUT2D eigenvalue weighted by molar-refractivity contribution is 0.564. The molecule has 1 aromatic carbocycles. The molecule has 1 heterocycles. The molecule has 2 rings (SSSR count). The molecule has 0 unspecified atom stereocenters. The Kier molecular flexibility index (Phi) is 4.10. The molecule has 0 aliphatic heterocycles. The highest BCUT2D eigenvalue weighted by Crippen LogP contribution is 2.19.